The maximum atomic E-state index is 3.67. The van der Waals surface area contributed by atoms with Gasteiger partial charge in [-0.3, -0.25) is 0 Å². The SMILES string of the molecule is CC1=C(CC2=Cc3ccccc3C2)C2=CC3SC(Br)=CC3=C(C)C2=C1. The van der Waals surface area contributed by atoms with E-state index in [9.17, 15) is 0 Å². The average Bonchev–Trinajstić information content (AvgIpc) is 3.25. The average molecular weight is 407 g/mol. The molecular formula is C23H19BrS. The number of thioether (sulfide) groups is 1. The van der Waals surface area contributed by atoms with E-state index in [-0.39, 0.29) is 0 Å². The number of halogens is 1. The standard InChI is InChI=1S/C23H19BrS/c1-13-7-19-14(2)20-12-23(24)25-22(20)11-21(19)18(13)10-15-8-16-5-3-4-6-17(16)9-15/h3-8,11-12,22H,9-10H2,1-2H3. The molecule has 1 unspecified atom stereocenters. The topological polar surface area (TPSA) is 0 Å². The van der Waals surface area contributed by atoms with Gasteiger partial charge in [-0.25, -0.2) is 0 Å². The first-order valence-corrected chi connectivity index (χ1v) is 10.4. The summed E-state index contributed by atoms with van der Waals surface area (Å²) < 4.78 is 1.25. The van der Waals surface area contributed by atoms with Gasteiger partial charge in [0, 0.05) is 0 Å². The van der Waals surface area contributed by atoms with Crippen molar-refractivity contribution in [1.82, 2.24) is 0 Å². The Morgan fingerprint density at radius 3 is 2.76 bits per heavy atom. The van der Waals surface area contributed by atoms with E-state index in [0.717, 1.165) is 12.8 Å². The Kier molecular flexibility index (Phi) is 3.62. The van der Waals surface area contributed by atoms with Crippen molar-refractivity contribution >= 4 is 33.8 Å². The summed E-state index contributed by atoms with van der Waals surface area (Å²) >= 11 is 5.59. The van der Waals surface area contributed by atoms with Crippen LogP contribution in [-0.2, 0) is 6.42 Å². The summed E-state index contributed by atoms with van der Waals surface area (Å²) in [6.07, 6.45) is 11.7. The van der Waals surface area contributed by atoms with Crippen LogP contribution in [0.4, 0.5) is 0 Å². The molecule has 1 heterocycles. The summed E-state index contributed by atoms with van der Waals surface area (Å²) in [6, 6.07) is 8.78. The van der Waals surface area contributed by atoms with E-state index < -0.39 is 0 Å². The molecule has 0 fully saturated rings. The lowest BCUT2D eigenvalue weighted by atomic mass is 9.85. The Morgan fingerprint density at radius 1 is 1.08 bits per heavy atom. The number of fused-ring (bicyclic) bond motifs is 3. The Bertz CT molecular complexity index is 995. The van der Waals surface area contributed by atoms with Crippen LogP contribution in [0.15, 0.2) is 85.3 Å². The Balaban J connectivity index is 1.46. The van der Waals surface area contributed by atoms with Crippen LogP contribution in [-0.4, -0.2) is 5.25 Å². The highest BCUT2D eigenvalue weighted by atomic mass is 79.9. The van der Waals surface area contributed by atoms with Crippen molar-refractivity contribution in [3.63, 3.8) is 0 Å². The lowest BCUT2D eigenvalue weighted by molar-refractivity contribution is 1.04. The van der Waals surface area contributed by atoms with Crippen LogP contribution in [0.5, 0.6) is 0 Å². The van der Waals surface area contributed by atoms with Crippen molar-refractivity contribution in [1.29, 1.82) is 0 Å². The van der Waals surface area contributed by atoms with Crippen LogP contribution in [0.25, 0.3) is 6.08 Å². The fraction of sp³-hybridized carbons (Fsp3) is 0.217. The summed E-state index contributed by atoms with van der Waals surface area (Å²) in [5.41, 5.74) is 13.2. The molecular weight excluding hydrogens is 388 g/mol. The van der Waals surface area contributed by atoms with Crippen LogP contribution in [0, 0.1) is 0 Å². The lowest BCUT2D eigenvalue weighted by Gasteiger charge is -2.22. The lowest BCUT2D eigenvalue weighted by Crippen LogP contribution is -2.10. The molecule has 4 aliphatic rings. The van der Waals surface area contributed by atoms with Gasteiger partial charge in [-0.2, -0.15) is 0 Å². The quantitative estimate of drug-likeness (QED) is 0.515. The molecule has 2 heteroatoms. The second-order valence-electron chi connectivity index (χ2n) is 7.22. The minimum atomic E-state index is 0.470. The normalized spacial score (nSPS) is 23.9. The molecule has 1 aromatic carbocycles. The molecule has 0 saturated carbocycles. The van der Waals surface area contributed by atoms with E-state index in [4.69, 9.17) is 0 Å². The van der Waals surface area contributed by atoms with Crippen molar-refractivity contribution in [2.24, 2.45) is 0 Å². The van der Waals surface area contributed by atoms with Crippen LogP contribution in [0.1, 0.15) is 31.4 Å². The van der Waals surface area contributed by atoms with E-state index in [2.05, 4.69) is 78.3 Å². The van der Waals surface area contributed by atoms with E-state index in [1.165, 1.54) is 54.0 Å². The summed E-state index contributed by atoms with van der Waals surface area (Å²) in [6.45, 7) is 4.56. The van der Waals surface area contributed by atoms with E-state index in [1.807, 2.05) is 11.8 Å². The van der Waals surface area contributed by atoms with Gasteiger partial charge in [0.2, 0.25) is 0 Å². The maximum Gasteiger partial charge on any atom is 0.0542 e. The molecule has 0 nitrogen and oxygen atoms in total. The Hall–Kier alpha value is -1.51. The van der Waals surface area contributed by atoms with Gasteiger partial charge in [-0.05, 0) is 93.3 Å². The van der Waals surface area contributed by atoms with Crippen molar-refractivity contribution in [2.45, 2.75) is 31.9 Å². The highest BCUT2D eigenvalue weighted by Gasteiger charge is 2.32. The third kappa shape index (κ3) is 2.50. The number of benzene rings is 1. The second-order valence-corrected chi connectivity index (χ2v) is 9.78. The smallest absolute Gasteiger partial charge is 0.0542 e. The van der Waals surface area contributed by atoms with Crippen LogP contribution in [0.3, 0.4) is 0 Å². The van der Waals surface area contributed by atoms with Gasteiger partial charge in [0.1, 0.15) is 0 Å². The van der Waals surface area contributed by atoms with Gasteiger partial charge in [-0.15, -0.1) is 11.8 Å². The van der Waals surface area contributed by atoms with Gasteiger partial charge >= 0.3 is 0 Å². The molecule has 1 aliphatic heterocycles. The largest absolute Gasteiger partial charge is 0.106 e. The van der Waals surface area contributed by atoms with Gasteiger partial charge in [0.05, 0.1) is 9.06 Å². The monoisotopic (exact) mass is 406 g/mol. The molecule has 124 valence electrons. The zero-order chi connectivity index (χ0) is 17.1. The van der Waals surface area contributed by atoms with Crippen molar-refractivity contribution in [2.75, 3.05) is 0 Å². The molecule has 3 aliphatic carbocycles. The predicted octanol–water partition coefficient (Wildman–Crippen LogP) is 6.88. The molecule has 0 radical (unpaired) electrons. The van der Waals surface area contributed by atoms with Gasteiger partial charge < -0.3 is 0 Å². The highest BCUT2D eigenvalue weighted by molar-refractivity contribution is 9.14. The molecule has 1 atom stereocenters. The fourth-order valence-corrected chi connectivity index (χ4v) is 6.22. The van der Waals surface area contributed by atoms with Gasteiger partial charge in [0.25, 0.3) is 0 Å². The van der Waals surface area contributed by atoms with Crippen LogP contribution < -0.4 is 0 Å². The van der Waals surface area contributed by atoms with Crippen LogP contribution >= 0.6 is 27.7 Å². The molecule has 0 N–H and O–H groups in total. The summed E-state index contributed by atoms with van der Waals surface area (Å²) in [7, 11) is 0. The Morgan fingerprint density at radius 2 is 1.92 bits per heavy atom. The van der Waals surface area contributed by atoms with Crippen molar-refractivity contribution in [3.05, 3.63) is 96.4 Å². The minimum absolute atomic E-state index is 0.470. The number of rotatable bonds is 2. The van der Waals surface area contributed by atoms with Crippen molar-refractivity contribution < 1.29 is 0 Å². The van der Waals surface area contributed by atoms with E-state index in [0.29, 0.717) is 5.25 Å². The molecule has 0 spiro atoms. The minimum Gasteiger partial charge on any atom is -0.106 e. The zero-order valence-corrected chi connectivity index (χ0v) is 16.8. The molecule has 0 saturated heterocycles. The number of hydrogen-bond donors (Lipinski definition) is 0. The van der Waals surface area contributed by atoms with Gasteiger partial charge in [0.15, 0.2) is 0 Å². The summed E-state index contributed by atoms with van der Waals surface area (Å²) in [5.74, 6) is 0. The summed E-state index contributed by atoms with van der Waals surface area (Å²) in [5, 5.41) is 0.470. The molecule has 0 bridgehead atoms. The van der Waals surface area contributed by atoms with Crippen LogP contribution in [0.2, 0.25) is 0 Å². The van der Waals surface area contributed by atoms with Gasteiger partial charge in [-0.1, -0.05) is 48.1 Å². The Labute approximate surface area is 161 Å². The maximum absolute atomic E-state index is 3.67. The third-order valence-corrected chi connectivity index (χ3v) is 7.43. The second kappa shape index (κ2) is 5.75. The highest BCUT2D eigenvalue weighted by Crippen LogP contribution is 2.51. The fourth-order valence-electron chi connectivity index (χ4n) is 4.36. The zero-order valence-electron chi connectivity index (χ0n) is 14.4. The molecule has 25 heavy (non-hydrogen) atoms. The number of allylic oxidation sites excluding steroid dienone is 8. The first-order valence-electron chi connectivity index (χ1n) is 8.76. The molecule has 1 aromatic rings. The summed E-state index contributed by atoms with van der Waals surface area (Å²) in [4.78, 5) is 0. The third-order valence-electron chi connectivity index (χ3n) is 5.66. The van der Waals surface area contributed by atoms with E-state index in [1.54, 1.807) is 0 Å². The molecule has 5 rings (SSSR count). The first kappa shape index (κ1) is 15.7. The molecule has 0 amide bonds. The first-order chi connectivity index (χ1) is 12.1. The van der Waals surface area contributed by atoms with Crippen molar-refractivity contribution in [3.8, 4) is 0 Å². The molecule has 0 aromatic heterocycles. The number of hydrogen-bond acceptors (Lipinski definition) is 1. The predicted molar refractivity (Wildman–Crippen MR) is 113 cm³/mol. The van der Waals surface area contributed by atoms with E-state index >= 15 is 0 Å².